The van der Waals surface area contributed by atoms with E-state index in [1.807, 2.05) is 0 Å². The van der Waals surface area contributed by atoms with Gasteiger partial charge in [-0.05, 0) is 26.8 Å². The summed E-state index contributed by atoms with van der Waals surface area (Å²) >= 11 is 0. The Kier molecular flexibility index (Phi) is 5.37. The number of nitriles is 1. The maximum Gasteiger partial charge on any atom is 0.413 e. The summed E-state index contributed by atoms with van der Waals surface area (Å²) in [6, 6.07) is 6.48. The van der Waals surface area contributed by atoms with E-state index in [0.29, 0.717) is 23.1 Å². The van der Waals surface area contributed by atoms with Gasteiger partial charge in [-0.25, -0.2) is 9.78 Å². The van der Waals surface area contributed by atoms with Crippen molar-refractivity contribution in [1.82, 2.24) is 14.8 Å². The van der Waals surface area contributed by atoms with Gasteiger partial charge in [-0.1, -0.05) is 0 Å². The van der Waals surface area contributed by atoms with Crippen molar-refractivity contribution in [3.63, 3.8) is 0 Å². The molecule has 1 atom stereocenters. The van der Waals surface area contributed by atoms with Gasteiger partial charge in [0.15, 0.2) is 5.82 Å². The van der Waals surface area contributed by atoms with Crippen molar-refractivity contribution in [3.8, 4) is 6.07 Å². The Hall–Kier alpha value is -3.65. The first kappa shape index (κ1) is 21.1. The number of aryl methyl sites for hydroxylation is 1. The molecule has 3 rings (SSSR count). The third kappa shape index (κ3) is 4.49. The minimum Gasteiger partial charge on any atom is -0.444 e. The Labute approximate surface area is 173 Å². The molecule has 0 radical (unpaired) electrons. The van der Waals surface area contributed by atoms with Gasteiger partial charge in [0.1, 0.15) is 23.3 Å². The molecule has 1 aliphatic heterocycles. The van der Waals surface area contributed by atoms with Crippen LogP contribution in [0.15, 0.2) is 24.4 Å². The number of aliphatic hydroxyl groups is 1. The highest BCUT2D eigenvalue weighted by Crippen LogP contribution is 2.29. The fraction of sp³-hybridized carbons (Fsp3) is 0.421. The highest BCUT2D eigenvalue weighted by Gasteiger charge is 2.46. The van der Waals surface area contributed by atoms with Crippen LogP contribution in [0.2, 0.25) is 0 Å². The van der Waals surface area contributed by atoms with Crippen molar-refractivity contribution in [2.24, 2.45) is 7.05 Å². The van der Waals surface area contributed by atoms with Crippen molar-refractivity contribution in [2.45, 2.75) is 38.4 Å². The first-order valence-electron chi connectivity index (χ1n) is 9.23. The average Bonchev–Trinajstić information content (AvgIpc) is 3.13. The summed E-state index contributed by atoms with van der Waals surface area (Å²) in [6.45, 7) is 5.53. The van der Waals surface area contributed by atoms with Crippen molar-refractivity contribution in [1.29, 1.82) is 5.26 Å². The van der Waals surface area contributed by atoms with Crippen molar-refractivity contribution >= 4 is 35.1 Å². The number of rotatable bonds is 4. The molecule has 2 aromatic rings. The zero-order chi connectivity index (χ0) is 22.1. The van der Waals surface area contributed by atoms with Crippen molar-refractivity contribution in [3.05, 3.63) is 24.4 Å². The number of carbonyl (C=O) groups excluding carboxylic acids is 2. The predicted octanol–water partition coefficient (Wildman–Crippen LogP) is 1.90. The fourth-order valence-corrected chi connectivity index (χ4v) is 2.90. The Bertz CT molecular complexity index is 1020. The summed E-state index contributed by atoms with van der Waals surface area (Å²) in [6.07, 6.45) is 0.930. The Morgan fingerprint density at radius 1 is 1.37 bits per heavy atom. The van der Waals surface area contributed by atoms with Crippen LogP contribution >= 0.6 is 0 Å². The van der Waals surface area contributed by atoms with Crippen LogP contribution < -0.4 is 15.5 Å². The Morgan fingerprint density at radius 3 is 2.73 bits per heavy atom. The number of anilines is 4. The zero-order valence-electron chi connectivity index (χ0n) is 17.1. The average molecular weight is 413 g/mol. The molecule has 1 saturated heterocycles. The standard InChI is InChI=1S/C19H23N7O4/c1-18(2,3)30-17(28)23-15-10-14(24-25(15)4)22-13-9-12(5-7-21-13)26-8-6-19(29,11-20)16(26)27/h5,7,9-10,29H,6,8H2,1-4H3,(H,23,28)(H,21,22,24)/t19-/m0/s1. The lowest BCUT2D eigenvalue weighted by atomic mass is 10.1. The third-order valence-corrected chi connectivity index (χ3v) is 4.30. The van der Waals surface area contributed by atoms with Gasteiger partial charge >= 0.3 is 6.09 Å². The number of aromatic nitrogens is 3. The van der Waals surface area contributed by atoms with E-state index in [4.69, 9.17) is 10.00 Å². The first-order valence-corrected chi connectivity index (χ1v) is 9.23. The van der Waals surface area contributed by atoms with Gasteiger partial charge in [-0.15, -0.1) is 0 Å². The number of hydrogen-bond donors (Lipinski definition) is 3. The molecule has 0 aromatic carbocycles. The predicted molar refractivity (Wildman–Crippen MR) is 108 cm³/mol. The van der Waals surface area contributed by atoms with Gasteiger partial charge in [0.2, 0.25) is 5.60 Å². The van der Waals surface area contributed by atoms with Gasteiger partial charge in [0, 0.05) is 44.0 Å². The molecule has 3 N–H and O–H groups in total. The summed E-state index contributed by atoms with van der Waals surface area (Å²) in [4.78, 5) is 29.8. The van der Waals surface area contributed by atoms with Crippen molar-refractivity contribution in [2.75, 3.05) is 22.1 Å². The minimum atomic E-state index is -2.00. The van der Waals surface area contributed by atoms with Gasteiger partial charge in [-0.3, -0.25) is 14.8 Å². The summed E-state index contributed by atoms with van der Waals surface area (Å²) in [5.74, 6) is 0.560. The van der Waals surface area contributed by atoms with Crippen LogP contribution in [0.1, 0.15) is 27.2 Å². The molecule has 11 nitrogen and oxygen atoms in total. The second-order valence-corrected chi connectivity index (χ2v) is 7.87. The second-order valence-electron chi connectivity index (χ2n) is 7.87. The van der Waals surface area contributed by atoms with Gasteiger partial charge in [0.05, 0.1) is 0 Å². The van der Waals surface area contributed by atoms with E-state index < -0.39 is 23.2 Å². The third-order valence-electron chi connectivity index (χ3n) is 4.30. The second kappa shape index (κ2) is 7.64. The van der Waals surface area contributed by atoms with E-state index in [2.05, 4.69) is 20.7 Å². The van der Waals surface area contributed by atoms with Gasteiger partial charge in [0.25, 0.3) is 5.91 Å². The maximum absolute atomic E-state index is 12.3. The molecular formula is C19H23N7O4. The van der Waals surface area contributed by atoms with Crippen LogP contribution in [0.25, 0.3) is 0 Å². The molecule has 0 aliphatic carbocycles. The van der Waals surface area contributed by atoms with E-state index in [1.165, 1.54) is 15.8 Å². The molecule has 1 aliphatic rings. The lowest BCUT2D eigenvalue weighted by Gasteiger charge is -2.19. The lowest BCUT2D eigenvalue weighted by molar-refractivity contribution is -0.128. The van der Waals surface area contributed by atoms with E-state index in [9.17, 15) is 14.7 Å². The summed E-state index contributed by atoms with van der Waals surface area (Å²) in [7, 11) is 1.66. The number of nitrogens with one attached hydrogen (secondary N) is 2. The van der Waals surface area contributed by atoms with E-state index in [0.717, 1.165) is 0 Å². The van der Waals surface area contributed by atoms with E-state index in [-0.39, 0.29) is 13.0 Å². The molecule has 0 saturated carbocycles. The summed E-state index contributed by atoms with van der Waals surface area (Å²) in [5, 5.41) is 29.0. The zero-order valence-corrected chi connectivity index (χ0v) is 17.1. The van der Waals surface area contributed by atoms with Crippen LogP contribution in [0.3, 0.4) is 0 Å². The van der Waals surface area contributed by atoms with Crippen LogP contribution in [-0.2, 0) is 16.6 Å². The summed E-state index contributed by atoms with van der Waals surface area (Å²) < 4.78 is 6.69. The quantitative estimate of drug-likeness (QED) is 0.644. The number of carbonyl (C=O) groups is 2. The molecule has 158 valence electrons. The maximum atomic E-state index is 12.3. The molecule has 30 heavy (non-hydrogen) atoms. The smallest absolute Gasteiger partial charge is 0.413 e. The monoisotopic (exact) mass is 413 g/mol. The Morgan fingerprint density at radius 2 is 2.10 bits per heavy atom. The van der Waals surface area contributed by atoms with Crippen LogP contribution in [0, 0.1) is 11.3 Å². The normalized spacial score (nSPS) is 18.8. The van der Waals surface area contributed by atoms with Crippen LogP contribution in [0.4, 0.5) is 27.9 Å². The molecule has 2 aromatic heterocycles. The highest BCUT2D eigenvalue weighted by molar-refractivity contribution is 6.03. The number of nitrogens with zero attached hydrogens (tertiary/aromatic N) is 5. The fourth-order valence-electron chi connectivity index (χ4n) is 2.90. The van der Waals surface area contributed by atoms with E-state index >= 15 is 0 Å². The molecular weight excluding hydrogens is 390 g/mol. The van der Waals surface area contributed by atoms with Gasteiger partial charge < -0.3 is 20.1 Å². The Balaban J connectivity index is 1.72. The molecule has 0 unspecified atom stereocenters. The molecule has 3 heterocycles. The minimum absolute atomic E-state index is 0.0351. The highest BCUT2D eigenvalue weighted by atomic mass is 16.6. The van der Waals surface area contributed by atoms with Crippen molar-refractivity contribution < 1.29 is 19.4 Å². The lowest BCUT2D eigenvalue weighted by Crippen LogP contribution is -2.38. The molecule has 0 bridgehead atoms. The van der Waals surface area contributed by atoms with E-state index in [1.54, 1.807) is 52.1 Å². The van der Waals surface area contributed by atoms with Crippen LogP contribution in [-0.4, -0.2) is 49.6 Å². The molecule has 11 heteroatoms. The number of amides is 2. The largest absolute Gasteiger partial charge is 0.444 e. The topological polar surface area (TPSA) is 145 Å². The van der Waals surface area contributed by atoms with Crippen LogP contribution in [0.5, 0.6) is 0 Å². The number of hydrogen-bond acceptors (Lipinski definition) is 8. The van der Waals surface area contributed by atoms with Gasteiger partial charge in [-0.2, -0.15) is 10.4 Å². The number of ether oxygens (including phenoxy) is 1. The molecule has 0 spiro atoms. The first-order chi connectivity index (χ1) is 14.0. The molecule has 1 fully saturated rings. The molecule has 2 amide bonds. The SMILES string of the molecule is Cn1nc(Nc2cc(N3CC[C@](O)(C#N)C3=O)ccn2)cc1NC(=O)OC(C)(C)C. The summed E-state index contributed by atoms with van der Waals surface area (Å²) in [5.41, 5.74) is -2.13. The number of pyridine rings is 1.